The van der Waals surface area contributed by atoms with Gasteiger partial charge in [0.05, 0.1) is 6.54 Å². The molecule has 1 aliphatic rings. The van der Waals surface area contributed by atoms with Crippen molar-refractivity contribution in [3.63, 3.8) is 0 Å². The molecule has 0 heterocycles. The number of halogens is 3. The summed E-state index contributed by atoms with van der Waals surface area (Å²) < 4.78 is 39.7. The van der Waals surface area contributed by atoms with Crippen LogP contribution in [-0.4, -0.2) is 31.0 Å². The van der Waals surface area contributed by atoms with Gasteiger partial charge < -0.3 is 16.8 Å². The number of hydrogen-bond acceptors (Lipinski definition) is 4. The maximum atomic E-state index is 13.2. The van der Waals surface area contributed by atoms with E-state index in [-0.39, 0.29) is 42.8 Å². The van der Waals surface area contributed by atoms with Crippen LogP contribution in [0.25, 0.3) is 0 Å². The molecule has 140 valence electrons. The van der Waals surface area contributed by atoms with Crippen LogP contribution in [0.15, 0.2) is 18.2 Å². The van der Waals surface area contributed by atoms with E-state index in [0.717, 1.165) is 0 Å². The molecular weight excluding hydrogens is 347 g/mol. The highest BCUT2D eigenvalue weighted by atomic mass is 19.4. The summed E-state index contributed by atoms with van der Waals surface area (Å²) in [5.41, 5.74) is 8.70. The van der Waals surface area contributed by atoms with Crippen molar-refractivity contribution in [1.82, 2.24) is 0 Å². The van der Waals surface area contributed by atoms with Gasteiger partial charge in [0.1, 0.15) is 5.41 Å². The van der Waals surface area contributed by atoms with Crippen molar-refractivity contribution in [3.05, 3.63) is 29.3 Å². The van der Waals surface area contributed by atoms with Crippen molar-refractivity contribution in [1.29, 1.82) is 0 Å². The van der Waals surface area contributed by atoms with Crippen LogP contribution in [0.2, 0.25) is 0 Å². The highest BCUT2D eigenvalue weighted by Gasteiger charge is 2.68. The van der Waals surface area contributed by atoms with Crippen LogP contribution in [-0.2, 0) is 4.79 Å². The van der Waals surface area contributed by atoms with E-state index in [2.05, 4.69) is 17.2 Å². The fraction of sp³-hybridized carbons (Fsp3) is 0.444. The molecule has 0 unspecified atom stereocenters. The monoisotopic (exact) mass is 367 g/mol. The lowest BCUT2D eigenvalue weighted by atomic mass is 9.90. The van der Waals surface area contributed by atoms with E-state index < -0.39 is 17.4 Å². The standard InChI is InChI=1S/C18H20F3N3O2/c19-18(20,21)17(7-8-17)16(26)14-6-5-13(11-12(14)3-1-9-22)24-15(25)4-2-10-23/h5-6,11H,2,4,7-10,22-23H2,(H,24,25). The Labute approximate surface area is 149 Å². The third-order valence-corrected chi connectivity index (χ3v) is 4.21. The van der Waals surface area contributed by atoms with Crippen molar-refractivity contribution >= 4 is 17.4 Å². The largest absolute Gasteiger partial charge is 0.401 e. The van der Waals surface area contributed by atoms with Gasteiger partial charge in [-0.05, 0) is 44.0 Å². The Kier molecular flexibility index (Phi) is 6.05. The number of carbonyl (C=O) groups excluding carboxylic acids is 2. The third kappa shape index (κ3) is 4.23. The van der Waals surface area contributed by atoms with Gasteiger partial charge in [-0.3, -0.25) is 9.59 Å². The van der Waals surface area contributed by atoms with Gasteiger partial charge in [-0.2, -0.15) is 13.2 Å². The SMILES string of the molecule is NCC#Cc1cc(NC(=O)CCCN)ccc1C(=O)C1(C(F)(F)F)CC1. The Hall–Kier alpha value is -2.37. The molecule has 0 bridgehead atoms. The summed E-state index contributed by atoms with van der Waals surface area (Å²) in [6, 6.07) is 4.06. The number of hydrogen-bond donors (Lipinski definition) is 3. The molecule has 5 N–H and O–H groups in total. The van der Waals surface area contributed by atoms with Gasteiger partial charge in [-0.1, -0.05) is 11.8 Å². The molecule has 0 aliphatic heterocycles. The summed E-state index contributed by atoms with van der Waals surface area (Å²) >= 11 is 0. The Balaban J connectivity index is 2.32. The van der Waals surface area contributed by atoms with Gasteiger partial charge >= 0.3 is 6.18 Å². The van der Waals surface area contributed by atoms with E-state index >= 15 is 0 Å². The van der Waals surface area contributed by atoms with Crippen LogP contribution in [0.1, 0.15) is 41.6 Å². The topological polar surface area (TPSA) is 98.2 Å². The quantitative estimate of drug-likeness (QED) is 0.530. The first kappa shape index (κ1) is 19.9. The molecule has 2 rings (SSSR count). The number of rotatable bonds is 6. The zero-order valence-electron chi connectivity index (χ0n) is 14.1. The molecule has 1 amide bonds. The third-order valence-electron chi connectivity index (χ3n) is 4.21. The molecule has 0 saturated heterocycles. The molecule has 1 aromatic rings. The van der Waals surface area contributed by atoms with Crippen molar-refractivity contribution in [2.24, 2.45) is 16.9 Å². The van der Waals surface area contributed by atoms with E-state index in [4.69, 9.17) is 11.5 Å². The molecule has 1 aromatic carbocycles. The Morgan fingerprint density at radius 1 is 1.23 bits per heavy atom. The summed E-state index contributed by atoms with van der Waals surface area (Å²) in [6.45, 7) is 0.360. The Morgan fingerprint density at radius 3 is 2.46 bits per heavy atom. The first-order valence-electron chi connectivity index (χ1n) is 8.19. The predicted molar refractivity (Wildman–Crippen MR) is 91.3 cm³/mol. The lowest BCUT2D eigenvalue weighted by Gasteiger charge is -2.19. The maximum absolute atomic E-state index is 13.2. The summed E-state index contributed by atoms with van der Waals surface area (Å²) in [7, 11) is 0. The number of Topliss-reactive ketones (excluding diaryl/α,β-unsaturated/α-hetero) is 1. The number of alkyl halides is 3. The lowest BCUT2D eigenvalue weighted by Crippen LogP contribution is -2.33. The second-order valence-electron chi connectivity index (χ2n) is 6.12. The molecule has 0 atom stereocenters. The Bertz CT molecular complexity index is 759. The number of nitrogens with one attached hydrogen (secondary N) is 1. The maximum Gasteiger partial charge on any atom is 0.401 e. The van der Waals surface area contributed by atoms with E-state index in [1.807, 2.05) is 0 Å². The smallest absolute Gasteiger partial charge is 0.330 e. The van der Waals surface area contributed by atoms with Gasteiger partial charge in [0.25, 0.3) is 0 Å². The van der Waals surface area contributed by atoms with E-state index in [1.54, 1.807) is 0 Å². The van der Waals surface area contributed by atoms with E-state index in [9.17, 15) is 22.8 Å². The summed E-state index contributed by atoms with van der Waals surface area (Å²) in [4.78, 5) is 24.3. The predicted octanol–water partition coefficient (Wildman–Crippen LogP) is 2.20. The summed E-state index contributed by atoms with van der Waals surface area (Å²) in [5, 5.41) is 2.62. The normalized spacial score (nSPS) is 15.0. The van der Waals surface area contributed by atoms with Crippen molar-refractivity contribution < 1.29 is 22.8 Å². The molecule has 26 heavy (non-hydrogen) atoms. The first-order valence-corrected chi connectivity index (χ1v) is 8.19. The minimum Gasteiger partial charge on any atom is -0.330 e. The van der Waals surface area contributed by atoms with Gasteiger partial charge in [0.15, 0.2) is 5.78 Å². The van der Waals surface area contributed by atoms with Crippen LogP contribution >= 0.6 is 0 Å². The first-order chi connectivity index (χ1) is 12.2. The van der Waals surface area contributed by atoms with Crippen LogP contribution in [0.3, 0.4) is 0 Å². The van der Waals surface area contributed by atoms with Crippen LogP contribution in [0, 0.1) is 17.3 Å². The minimum atomic E-state index is -4.60. The van der Waals surface area contributed by atoms with Crippen LogP contribution in [0.4, 0.5) is 18.9 Å². The van der Waals surface area contributed by atoms with Gasteiger partial charge in [-0.15, -0.1) is 0 Å². The highest BCUT2D eigenvalue weighted by molar-refractivity contribution is 6.05. The van der Waals surface area contributed by atoms with Gasteiger partial charge in [-0.25, -0.2) is 0 Å². The second kappa shape index (κ2) is 7.89. The number of anilines is 1. The molecule has 0 radical (unpaired) electrons. The molecule has 1 saturated carbocycles. The Morgan fingerprint density at radius 2 is 1.92 bits per heavy atom. The van der Waals surface area contributed by atoms with Crippen LogP contribution in [0.5, 0.6) is 0 Å². The van der Waals surface area contributed by atoms with Crippen molar-refractivity contribution in [2.75, 3.05) is 18.4 Å². The van der Waals surface area contributed by atoms with E-state index in [1.165, 1.54) is 18.2 Å². The zero-order chi connectivity index (χ0) is 19.4. The van der Waals surface area contributed by atoms with Crippen molar-refractivity contribution in [2.45, 2.75) is 31.9 Å². The van der Waals surface area contributed by atoms with Crippen LogP contribution < -0.4 is 16.8 Å². The average molecular weight is 367 g/mol. The molecule has 1 fully saturated rings. The number of benzene rings is 1. The minimum absolute atomic E-state index is 0.00880. The zero-order valence-corrected chi connectivity index (χ0v) is 14.1. The molecular formula is C18H20F3N3O2. The molecule has 0 spiro atoms. The summed E-state index contributed by atoms with van der Waals surface area (Å²) in [6.07, 6.45) is -4.32. The number of ketones is 1. The second-order valence-corrected chi connectivity index (χ2v) is 6.12. The molecule has 8 heteroatoms. The average Bonchev–Trinajstić information content (AvgIpc) is 3.39. The number of amides is 1. The molecule has 1 aliphatic carbocycles. The van der Waals surface area contributed by atoms with Gasteiger partial charge in [0, 0.05) is 23.2 Å². The number of nitrogens with two attached hydrogens (primary N) is 2. The highest BCUT2D eigenvalue weighted by Crippen LogP contribution is 2.59. The summed E-state index contributed by atoms with van der Waals surface area (Å²) in [5.74, 6) is 3.90. The molecule has 5 nitrogen and oxygen atoms in total. The van der Waals surface area contributed by atoms with E-state index in [0.29, 0.717) is 18.7 Å². The van der Waals surface area contributed by atoms with Crippen molar-refractivity contribution in [3.8, 4) is 11.8 Å². The lowest BCUT2D eigenvalue weighted by molar-refractivity contribution is -0.171. The van der Waals surface area contributed by atoms with Gasteiger partial charge in [0.2, 0.25) is 5.91 Å². The molecule has 0 aromatic heterocycles. The number of carbonyl (C=O) groups is 2. The fourth-order valence-electron chi connectivity index (χ4n) is 2.58. The fourth-order valence-corrected chi connectivity index (χ4v) is 2.58.